The maximum atomic E-state index is 3.04. The van der Waals surface area contributed by atoms with Crippen molar-refractivity contribution in [2.45, 2.75) is 20.8 Å². The molecule has 0 spiro atoms. The molecule has 0 amide bonds. The standard InChI is InChI=1S/C9H10S/c1-4-5-9-6-7(2)8(3)10-9/h6H,1-3H3. The fraction of sp³-hybridized carbons (Fsp3) is 0.333. The van der Waals surface area contributed by atoms with E-state index < -0.39 is 0 Å². The fourth-order valence-corrected chi connectivity index (χ4v) is 1.70. The van der Waals surface area contributed by atoms with Crippen molar-refractivity contribution >= 4 is 11.3 Å². The predicted octanol–water partition coefficient (Wildman–Crippen LogP) is 2.74. The van der Waals surface area contributed by atoms with Crippen LogP contribution in [0.25, 0.3) is 0 Å². The van der Waals surface area contributed by atoms with Crippen LogP contribution in [0.5, 0.6) is 0 Å². The zero-order valence-corrected chi connectivity index (χ0v) is 7.30. The van der Waals surface area contributed by atoms with E-state index in [1.54, 1.807) is 11.3 Å². The molecule has 0 aliphatic rings. The van der Waals surface area contributed by atoms with Gasteiger partial charge in [-0.15, -0.1) is 17.3 Å². The molecule has 52 valence electrons. The molecule has 0 N–H and O–H groups in total. The molecule has 0 unspecified atom stereocenters. The van der Waals surface area contributed by atoms with Crippen molar-refractivity contribution < 1.29 is 0 Å². The summed E-state index contributed by atoms with van der Waals surface area (Å²) in [5.74, 6) is 5.92. The molecule has 0 aromatic carbocycles. The van der Waals surface area contributed by atoms with Crippen molar-refractivity contribution in [1.82, 2.24) is 0 Å². The normalized spacial score (nSPS) is 8.70. The second-order valence-electron chi connectivity index (χ2n) is 2.22. The molecule has 0 nitrogen and oxygen atoms in total. The Hall–Kier alpha value is -0.740. The molecular formula is C9H10S. The summed E-state index contributed by atoms with van der Waals surface area (Å²) in [6, 6.07) is 2.14. The second-order valence-corrected chi connectivity index (χ2v) is 3.48. The molecule has 0 aliphatic carbocycles. The monoisotopic (exact) mass is 150 g/mol. The summed E-state index contributed by atoms with van der Waals surface area (Å²) in [6.07, 6.45) is 0. The van der Waals surface area contributed by atoms with E-state index in [1.165, 1.54) is 15.3 Å². The summed E-state index contributed by atoms with van der Waals surface area (Å²) < 4.78 is 0. The van der Waals surface area contributed by atoms with Crippen LogP contribution in [0, 0.1) is 25.7 Å². The topological polar surface area (TPSA) is 0 Å². The zero-order valence-electron chi connectivity index (χ0n) is 6.49. The lowest BCUT2D eigenvalue weighted by atomic mass is 10.3. The van der Waals surface area contributed by atoms with E-state index in [4.69, 9.17) is 0 Å². The molecule has 0 radical (unpaired) electrons. The van der Waals surface area contributed by atoms with Gasteiger partial charge in [0.25, 0.3) is 0 Å². The summed E-state index contributed by atoms with van der Waals surface area (Å²) in [5, 5.41) is 0. The van der Waals surface area contributed by atoms with Crippen LogP contribution in [0.2, 0.25) is 0 Å². The van der Waals surface area contributed by atoms with Gasteiger partial charge in [-0.1, -0.05) is 5.92 Å². The third-order valence-electron chi connectivity index (χ3n) is 1.41. The largest absolute Gasteiger partial charge is 0.132 e. The number of hydrogen-bond acceptors (Lipinski definition) is 1. The van der Waals surface area contributed by atoms with E-state index in [2.05, 4.69) is 31.8 Å². The summed E-state index contributed by atoms with van der Waals surface area (Å²) in [6.45, 7) is 6.11. The van der Waals surface area contributed by atoms with Gasteiger partial charge in [0, 0.05) is 4.88 Å². The highest BCUT2D eigenvalue weighted by Gasteiger charge is 1.96. The molecule has 0 fully saturated rings. The average Bonchev–Trinajstić information content (AvgIpc) is 2.14. The first kappa shape index (κ1) is 7.37. The maximum absolute atomic E-state index is 3.04. The van der Waals surface area contributed by atoms with E-state index in [1.807, 2.05) is 6.92 Å². The van der Waals surface area contributed by atoms with Gasteiger partial charge in [-0.3, -0.25) is 0 Å². The Balaban J connectivity index is 3.06. The molecular weight excluding hydrogens is 140 g/mol. The Morgan fingerprint density at radius 2 is 2.10 bits per heavy atom. The molecule has 0 atom stereocenters. The van der Waals surface area contributed by atoms with Gasteiger partial charge in [0.2, 0.25) is 0 Å². The third kappa shape index (κ3) is 1.40. The van der Waals surface area contributed by atoms with Crippen LogP contribution in [0.4, 0.5) is 0 Å². The first-order chi connectivity index (χ1) is 4.74. The van der Waals surface area contributed by atoms with Gasteiger partial charge in [0.15, 0.2) is 0 Å². The van der Waals surface area contributed by atoms with Crippen molar-refractivity contribution in [1.29, 1.82) is 0 Å². The summed E-state index contributed by atoms with van der Waals surface area (Å²) in [7, 11) is 0. The van der Waals surface area contributed by atoms with Crippen LogP contribution < -0.4 is 0 Å². The minimum atomic E-state index is 1.18. The minimum Gasteiger partial charge on any atom is -0.132 e. The van der Waals surface area contributed by atoms with E-state index in [9.17, 15) is 0 Å². The number of aryl methyl sites for hydroxylation is 2. The van der Waals surface area contributed by atoms with Crippen molar-refractivity contribution in [3.05, 3.63) is 21.4 Å². The first-order valence-corrected chi connectivity index (χ1v) is 4.05. The SMILES string of the molecule is CC#Cc1cc(C)c(C)s1. The Morgan fingerprint density at radius 3 is 2.50 bits per heavy atom. The van der Waals surface area contributed by atoms with Crippen molar-refractivity contribution in [3.8, 4) is 11.8 Å². The number of hydrogen-bond donors (Lipinski definition) is 0. The zero-order chi connectivity index (χ0) is 7.56. The maximum Gasteiger partial charge on any atom is 0.0773 e. The van der Waals surface area contributed by atoms with Gasteiger partial charge >= 0.3 is 0 Å². The van der Waals surface area contributed by atoms with Gasteiger partial charge in [0.1, 0.15) is 0 Å². The summed E-state index contributed by atoms with van der Waals surface area (Å²) >= 11 is 1.77. The van der Waals surface area contributed by atoms with Gasteiger partial charge in [-0.05, 0) is 32.4 Å². The number of thiophene rings is 1. The highest BCUT2D eigenvalue weighted by Crippen LogP contribution is 2.19. The predicted molar refractivity (Wildman–Crippen MR) is 46.3 cm³/mol. The highest BCUT2D eigenvalue weighted by molar-refractivity contribution is 7.12. The van der Waals surface area contributed by atoms with E-state index >= 15 is 0 Å². The summed E-state index contributed by atoms with van der Waals surface area (Å²) in [4.78, 5) is 2.55. The Kier molecular flexibility index (Phi) is 2.13. The smallest absolute Gasteiger partial charge is 0.0773 e. The number of rotatable bonds is 0. The quantitative estimate of drug-likeness (QED) is 0.499. The highest BCUT2D eigenvalue weighted by atomic mass is 32.1. The lowest BCUT2D eigenvalue weighted by Gasteiger charge is -1.79. The van der Waals surface area contributed by atoms with Crippen molar-refractivity contribution in [2.24, 2.45) is 0 Å². The second kappa shape index (κ2) is 2.90. The molecule has 0 saturated heterocycles. The van der Waals surface area contributed by atoms with Crippen LogP contribution >= 0.6 is 11.3 Å². The average molecular weight is 150 g/mol. The van der Waals surface area contributed by atoms with Gasteiger partial charge < -0.3 is 0 Å². The Morgan fingerprint density at radius 1 is 1.40 bits per heavy atom. The molecule has 1 aromatic rings. The lowest BCUT2D eigenvalue weighted by molar-refractivity contribution is 1.44. The molecule has 1 rings (SSSR count). The van der Waals surface area contributed by atoms with Crippen molar-refractivity contribution in [3.63, 3.8) is 0 Å². The van der Waals surface area contributed by atoms with Gasteiger partial charge in [-0.25, -0.2) is 0 Å². The van der Waals surface area contributed by atoms with Crippen LogP contribution in [-0.2, 0) is 0 Å². The first-order valence-electron chi connectivity index (χ1n) is 3.24. The Labute approximate surface area is 65.9 Å². The van der Waals surface area contributed by atoms with Gasteiger partial charge in [0.05, 0.1) is 4.88 Å². The Bertz CT molecular complexity index is 264. The van der Waals surface area contributed by atoms with Crippen LogP contribution in [0.3, 0.4) is 0 Å². The fourth-order valence-electron chi connectivity index (χ4n) is 0.758. The van der Waals surface area contributed by atoms with E-state index in [0.29, 0.717) is 0 Å². The van der Waals surface area contributed by atoms with Gasteiger partial charge in [-0.2, -0.15) is 0 Å². The molecule has 0 aliphatic heterocycles. The molecule has 1 heterocycles. The van der Waals surface area contributed by atoms with Crippen molar-refractivity contribution in [2.75, 3.05) is 0 Å². The molecule has 1 heteroatoms. The third-order valence-corrected chi connectivity index (χ3v) is 2.48. The molecule has 0 saturated carbocycles. The lowest BCUT2D eigenvalue weighted by Crippen LogP contribution is -1.62. The molecule has 0 bridgehead atoms. The summed E-state index contributed by atoms with van der Waals surface area (Å²) in [5.41, 5.74) is 1.35. The molecule has 1 aromatic heterocycles. The van der Waals surface area contributed by atoms with E-state index in [0.717, 1.165) is 0 Å². The minimum absolute atomic E-state index is 1.18. The van der Waals surface area contributed by atoms with Crippen LogP contribution in [0.1, 0.15) is 22.2 Å². The van der Waals surface area contributed by atoms with Crippen LogP contribution in [0.15, 0.2) is 6.07 Å². The molecule has 10 heavy (non-hydrogen) atoms. The van der Waals surface area contributed by atoms with E-state index in [-0.39, 0.29) is 0 Å². The van der Waals surface area contributed by atoms with Crippen LogP contribution in [-0.4, -0.2) is 0 Å².